The lowest BCUT2D eigenvalue weighted by Gasteiger charge is -2.15. The molecule has 2 nitrogen and oxygen atoms in total. The van der Waals surface area contributed by atoms with Crippen LogP contribution in [0.2, 0.25) is 0 Å². The Morgan fingerprint density at radius 3 is 2.52 bits per heavy atom. The average Bonchev–Trinajstić information content (AvgIpc) is 2.44. The second kappa shape index (κ2) is 5.93. The third-order valence-corrected chi connectivity index (χ3v) is 4.11. The zero-order valence-electron chi connectivity index (χ0n) is 11.8. The van der Waals surface area contributed by atoms with E-state index in [0.717, 1.165) is 11.6 Å². The molecule has 0 aromatic heterocycles. The molecule has 0 spiro atoms. The van der Waals surface area contributed by atoms with E-state index in [1.807, 2.05) is 6.07 Å². The summed E-state index contributed by atoms with van der Waals surface area (Å²) < 4.78 is 33.2. The Bertz CT molecular complexity index is 727. The molecule has 0 aliphatic heterocycles. The molecule has 110 valence electrons. The number of ether oxygens (including phenoxy) is 1. The van der Waals surface area contributed by atoms with Crippen molar-refractivity contribution in [3.8, 4) is 5.75 Å². The molecular formula is C16H13BrF2O2. The molecule has 0 heterocycles. The Kier molecular flexibility index (Phi) is 4.42. The zero-order valence-corrected chi connectivity index (χ0v) is 13.3. The number of ketones is 1. The number of hydrogen-bond donors (Lipinski definition) is 0. The molecule has 0 amide bonds. The predicted molar refractivity (Wildman–Crippen MR) is 80.0 cm³/mol. The average molecular weight is 355 g/mol. The van der Waals surface area contributed by atoms with E-state index in [1.165, 1.54) is 19.2 Å². The molecule has 2 rings (SSSR count). The van der Waals surface area contributed by atoms with Crippen LogP contribution in [0, 0.1) is 25.5 Å². The fraction of sp³-hybridized carbons (Fsp3) is 0.188. The lowest BCUT2D eigenvalue weighted by molar-refractivity contribution is 0.103. The molecule has 0 saturated carbocycles. The number of halogens is 3. The number of aryl methyl sites for hydroxylation is 1. The first-order chi connectivity index (χ1) is 9.88. The molecule has 0 unspecified atom stereocenters. The van der Waals surface area contributed by atoms with Gasteiger partial charge in [-0.25, -0.2) is 8.78 Å². The van der Waals surface area contributed by atoms with Gasteiger partial charge in [0.05, 0.1) is 18.2 Å². The Hall–Kier alpha value is -1.75. The van der Waals surface area contributed by atoms with Gasteiger partial charge in [-0.2, -0.15) is 0 Å². The van der Waals surface area contributed by atoms with Gasteiger partial charge >= 0.3 is 0 Å². The third-order valence-electron chi connectivity index (χ3n) is 3.29. The molecule has 0 aliphatic carbocycles. The van der Waals surface area contributed by atoms with Crippen LogP contribution in [0.1, 0.15) is 27.0 Å². The summed E-state index contributed by atoms with van der Waals surface area (Å²) in [5.74, 6) is -2.44. The van der Waals surface area contributed by atoms with Crippen molar-refractivity contribution in [2.75, 3.05) is 7.11 Å². The van der Waals surface area contributed by atoms with Gasteiger partial charge in [-0.05, 0) is 43.2 Å². The smallest absolute Gasteiger partial charge is 0.200 e. The fourth-order valence-electron chi connectivity index (χ4n) is 2.20. The summed E-state index contributed by atoms with van der Waals surface area (Å²) in [7, 11) is 1.44. The van der Waals surface area contributed by atoms with E-state index in [4.69, 9.17) is 4.74 Å². The molecule has 0 fully saturated rings. The largest absolute Gasteiger partial charge is 0.496 e. The second-order valence-electron chi connectivity index (χ2n) is 4.64. The number of carbonyl (C=O) groups excluding carboxylic acids is 1. The number of carbonyl (C=O) groups is 1. The van der Waals surface area contributed by atoms with Crippen LogP contribution < -0.4 is 4.74 Å². The number of benzene rings is 2. The summed E-state index contributed by atoms with van der Waals surface area (Å²) in [6.07, 6.45) is 0. The molecule has 0 bridgehead atoms. The van der Waals surface area contributed by atoms with Crippen LogP contribution in [-0.4, -0.2) is 12.9 Å². The van der Waals surface area contributed by atoms with Crippen LogP contribution in [-0.2, 0) is 0 Å². The SMILES string of the molecule is COc1c(C)cc(Br)c(C)c1C(=O)c1cccc(F)c1F. The van der Waals surface area contributed by atoms with Gasteiger partial charge in [-0.1, -0.05) is 22.0 Å². The molecule has 0 radical (unpaired) electrons. The van der Waals surface area contributed by atoms with E-state index < -0.39 is 17.4 Å². The van der Waals surface area contributed by atoms with Gasteiger partial charge in [0.15, 0.2) is 17.4 Å². The van der Waals surface area contributed by atoms with E-state index in [9.17, 15) is 13.6 Å². The quantitative estimate of drug-likeness (QED) is 0.754. The summed E-state index contributed by atoms with van der Waals surface area (Å²) in [6.45, 7) is 3.50. The Balaban J connectivity index is 2.72. The summed E-state index contributed by atoms with van der Waals surface area (Å²) in [4.78, 5) is 12.6. The lowest BCUT2D eigenvalue weighted by atomic mass is 9.95. The molecule has 2 aromatic rings. The van der Waals surface area contributed by atoms with Crippen molar-refractivity contribution in [3.63, 3.8) is 0 Å². The summed E-state index contributed by atoms with van der Waals surface area (Å²) >= 11 is 3.36. The van der Waals surface area contributed by atoms with Gasteiger partial charge in [-0.3, -0.25) is 4.79 Å². The number of rotatable bonds is 3. The Labute approximate surface area is 129 Å². The van der Waals surface area contributed by atoms with Crippen LogP contribution in [0.3, 0.4) is 0 Å². The highest BCUT2D eigenvalue weighted by Crippen LogP contribution is 2.34. The van der Waals surface area contributed by atoms with Crippen molar-refractivity contribution in [1.82, 2.24) is 0 Å². The standard InChI is InChI=1S/C16H13BrF2O2/c1-8-7-11(17)9(2)13(16(8)21-3)15(20)10-5-4-6-12(18)14(10)19/h4-7H,1-3H3. The van der Waals surface area contributed by atoms with E-state index in [2.05, 4.69) is 15.9 Å². The van der Waals surface area contributed by atoms with Crippen molar-refractivity contribution in [3.05, 3.63) is 62.6 Å². The van der Waals surface area contributed by atoms with Crippen molar-refractivity contribution >= 4 is 21.7 Å². The van der Waals surface area contributed by atoms with Crippen molar-refractivity contribution < 1.29 is 18.3 Å². The van der Waals surface area contributed by atoms with E-state index in [-0.39, 0.29) is 11.1 Å². The van der Waals surface area contributed by atoms with Crippen LogP contribution in [0.4, 0.5) is 8.78 Å². The van der Waals surface area contributed by atoms with Gasteiger partial charge in [0, 0.05) is 4.47 Å². The maximum absolute atomic E-state index is 13.9. The van der Waals surface area contributed by atoms with Crippen molar-refractivity contribution in [2.24, 2.45) is 0 Å². The molecule has 0 N–H and O–H groups in total. The van der Waals surface area contributed by atoms with Gasteiger partial charge < -0.3 is 4.74 Å². The van der Waals surface area contributed by atoms with Gasteiger partial charge in [0.25, 0.3) is 0 Å². The van der Waals surface area contributed by atoms with Crippen molar-refractivity contribution in [1.29, 1.82) is 0 Å². The molecule has 2 aromatic carbocycles. The molecule has 0 saturated heterocycles. The van der Waals surface area contributed by atoms with E-state index in [1.54, 1.807) is 13.8 Å². The second-order valence-corrected chi connectivity index (χ2v) is 5.49. The molecule has 21 heavy (non-hydrogen) atoms. The van der Waals surface area contributed by atoms with Crippen LogP contribution >= 0.6 is 15.9 Å². The lowest BCUT2D eigenvalue weighted by Crippen LogP contribution is -2.11. The molecule has 0 atom stereocenters. The first kappa shape index (κ1) is 15.6. The normalized spacial score (nSPS) is 10.6. The number of hydrogen-bond acceptors (Lipinski definition) is 2. The van der Waals surface area contributed by atoms with Crippen LogP contribution in [0.15, 0.2) is 28.7 Å². The van der Waals surface area contributed by atoms with Gasteiger partial charge in [-0.15, -0.1) is 0 Å². The van der Waals surface area contributed by atoms with Crippen LogP contribution in [0.25, 0.3) is 0 Å². The molecular weight excluding hydrogens is 342 g/mol. The van der Waals surface area contributed by atoms with Crippen LogP contribution in [0.5, 0.6) is 5.75 Å². The number of methoxy groups -OCH3 is 1. The zero-order chi connectivity index (χ0) is 15.7. The minimum absolute atomic E-state index is 0.230. The highest BCUT2D eigenvalue weighted by atomic mass is 79.9. The monoisotopic (exact) mass is 354 g/mol. The topological polar surface area (TPSA) is 26.3 Å². The molecule has 5 heteroatoms. The minimum Gasteiger partial charge on any atom is -0.496 e. The highest BCUT2D eigenvalue weighted by Gasteiger charge is 2.24. The summed E-state index contributed by atoms with van der Waals surface area (Å²) in [5.41, 5.74) is 1.27. The first-order valence-corrected chi connectivity index (χ1v) is 7.00. The maximum atomic E-state index is 13.9. The molecule has 0 aliphatic rings. The fourth-order valence-corrected chi connectivity index (χ4v) is 2.74. The Morgan fingerprint density at radius 2 is 1.90 bits per heavy atom. The van der Waals surface area contributed by atoms with Crippen molar-refractivity contribution in [2.45, 2.75) is 13.8 Å². The Morgan fingerprint density at radius 1 is 1.24 bits per heavy atom. The third kappa shape index (κ3) is 2.70. The van der Waals surface area contributed by atoms with Gasteiger partial charge in [0.1, 0.15) is 5.75 Å². The van der Waals surface area contributed by atoms with E-state index >= 15 is 0 Å². The summed E-state index contributed by atoms with van der Waals surface area (Å²) in [5, 5.41) is 0. The maximum Gasteiger partial charge on any atom is 0.200 e. The highest BCUT2D eigenvalue weighted by molar-refractivity contribution is 9.10. The first-order valence-electron chi connectivity index (χ1n) is 6.20. The predicted octanol–water partition coefficient (Wildman–Crippen LogP) is 4.58. The summed E-state index contributed by atoms with van der Waals surface area (Å²) in [6, 6.07) is 5.35. The van der Waals surface area contributed by atoms with Gasteiger partial charge in [0.2, 0.25) is 0 Å². The van der Waals surface area contributed by atoms with E-state index in [0.29, 0.717) is 15.8 Å². The minimum atomic E-state index is -1.15.